The fourth-order valence-corrected chi connectivity index (χ4v) is 2.14. The molecule has 0 aromatic heterocycles. The minimum atomic E-state index is -2.78. The normalized spacial score (nSPS) is 12.5. The molecule has 0 atom stereocenters. The Morgan fingerprint density at radius 2 is 1.83 bits per heavy atom. The molecule has 0 amide bonds. The summed E-state index contributed by atoms with van der Waals surface area (Å²) in [5.74, 6) is -0.270. The third kappa shape index (κ3) is 4.87. The first-order valence-electron chi connectivity index (χ1n) is 7.32. The van der Waals surface area contributed by atoms with Crippen LogP contribution in [-0.2, 0) is 6.54 Å². The lowest BCUT2D eigenvalue weighted by Crippen LogP contribution is -2.03. The Kier molecular flexibility index (Phi) is 6.01. The van der Waals surface area contributed by atoms with Gasteiger partial charge in [-0.1, -0.05) is 30.3 Å². The van der Waals surface area contributed by atoms with E-state index in [0.29, 0.717) is 28.9 Å². The Morgan fingerprint density at radius 1 is 1.17 bits per heavy atom. The van der Waals surface area contributed by atoms with Crippen LogP contribution in [0.2, 0.25) is 0 Å². The Balaban J connectivity index is 2.09. The highest BCUT2D eigenvalue weighted by atomic mass is 19.3. The van der Waals surface area contributed by atoms with Gasteiger partial charge in [0.25, 0.3) is 0 Å². The van der Waals surface area contributed by atoms with Gasteiger partial charge in [0.15, 0.2) is 0 Å². The number of nitrogens with zero attached hydrogens (tertiary/aromatic N) is 1. The van der Waals surface area contributed by atoms with Gasteiger partial charge in [-0.2, -0.15) is 8.78 Å². The van der Waals surface area contributed by atoms with Crippen molar-refractivity contribution in [3.63, 3.8) is 0 Å². The van der Waals surface area contributed by atoms with Gasteiger partial charge in [0, 0.05) is 35.3 Å². The Labute approximate surface area is 138 Å². The highest BCUT2D eigenvalue weighted by Gasteiger charge is 2.05. The molecule has 0 unspecified atom stereocenters. The van der Waals surface area contributed by atoms with Gasteiger partial charge < -0.3 is 11.1 Å². The quantitative estimate of drug-likeness (QED) is 0.607. The number of nitrogens with one attached hydrogen (secondary N) is 1. The highest BCUT2D eigenvalue weighted by molar-refractivity contribution is 6.10. The topological polar surface area (TPSA) is 50.4 Å². The van der Waals surface area contributed by atoms with E-state index in [2.05, 4.69) is 10.3 Å². The van der Waals surface area contributed by atoms with Gasteiger partial charge in [-0.05, 0) is 30.7 Å². The Bertz CT molecular complexity index is 733. The van der Waals surface area contributed by atoms with Crippen molar-refractivity contribution < 1.29 is 13.2 Å². The molecule has 0 heterocycles. The van der Waals surface area contributed by atoms with E-state index in [9.17, 15) is 13.2 Å². The van der Waals surface area contributed by atoms with Crippen molar-refractivity contribution in [3.8, 4) is 0 Å². The molecule has 0 saturated carbocycles. The monoisotopic (exact) mass is 333 g/mol. The number of rotatable bonds is 6. The lowest BCUT2D eigenvalue weighted by molar-refractivity contribution is 0.161. The van der Waals surface area contributed by atoms with Crippen LogP contribution in [-0.4, -0.2) is 12.8 Å². The molecule has 2 rings (SSSR count). The van der Waals surface area contributed by atoms with Crippen LogP contribution in [0.5, 0.6) is 0 Å². The molecular weight excluding hydrogens is 315 g/mol. The van der Waals surface area contributed by atoms with Crippen molar-refractivity contribution in [3.05, 3.63) is 71.2 Å². The number of hydrogen-bond acceptors (Lipinski definition) is 3. The van der Waals surface area contributed by atoms with E-state index in [1.165, 1.54) is 6.07 Å². The highest BCUT2D eigenvalue weighted by Crippen LogP contribution is 2.19. The third-order valence-electron chi connectivity index (χ3n) is 3.38. The van der Waals surface area contributed by atoms with Crippen LogP contribution >= 0.6 is 0 Å². The first-order chi connectivity index (χ1) is 11.5. The number of anilines is 1. The van der Waals surface area contributed by atoms with E-state index in [1.54, 1.807) is 49.4 Å². The molecule has 0 bridgehead atoms. The molecule has 0 aliphatic heterocycles. The fraction of sp³-hybridized carbons (Fsp3) is 0.167. The van der Waals surface area contributed by atoms with Crippen LogP contribution in [0.25, 0.3) is 5.57 Å². The zero-order valence-corrected chi connectivity index (χ0v) is 13.1. The smallest absolute Gasteiger partial charge is 0.331 e. The molecule has 0 fully saturated rings. The second-order valence-corrected chi connectivity index (χ2v) is 5.17. The number of allylic oxidation sites excluding steroid dienone is 2. The molecule has 0 aliphatic carbocycles. The summed E-state index contributed by atoms with van der Waals surface area (Å²) in [6.07, 6.45) is 1.07. The lowest BCUT2D eigenvalue weighted by Gasteiger charge is -2.09. The minimum absolute atomic E-state index is 0.270. The summed E-state index contributed by atoms with van der Waals surface area (Å²) in [7, 11) is 0. The SMILES string of the molecule is C/C(N)=C(/C=N/C(F)F)c1ccc(NCc2ccccc2F)cc1. The van der Waals surface area contributed by atoms with Crippen LogP contribution < -0.4 is 11.1 Å². The van der Waals surface area contributed by atoms with Gasteiger partial charge in [0.1, 0.15) is 5.82 Å². The molecule has 0 radical (unpaired) electrons. The molecule has 0 aliphatic rings. The van der Waals surface area contributed by atoms with Gasteiger partial charge in [-0.25, -0.2) is 9.38 Å². The van der Waals surface area contributed by atoms with E-state index in [1.807, 2.05) is 0 Å². The van der Waals surface area contributed by atoms with Crippen LogP contribution in [0.4, 0.5) is 18.9 Å². The summed E-state index contributed by atoms with van der Waals surface area (Å²) in [6, 6.07) is 13.5. The molecule has 6 heteroatoms. The molecule has 0 spiro atoms. The number of nitrogens with two attached hydrogens (primary N) is 1. The van der Waals surface area contributed by atoms with Crippen LogP contribution in [0.15, 0.2) is 59.2 Å². The van der Waals surface area contributed by atoms with Gasteiger partial charge in [-0.15, -0.1) is 0 Å². The van der Waals surface area contributed by atoms with Crippen molar-refractivity contribution in [2.24, 2.45) is 10.7 Å². The van der Waals surface area contributed by atoms with E-state index in [4.69, 9.17) is 5.73 Å². The number of halogens is 3. The molecular formula is C18H18F3N3. The predicted octanol–water partition coefficient (Wildman–Crippen LogP) is 4.42. The van der Waals surface area contributed by atoms with Crippen LogP contribution in [0.1, 0.15) is 18.1 Å². The van der Waals surface area contributed by atoms with Crippen molar-refractivity contribution >= 4 is 17.5 Å². The third-order valence-corrected chi connectivity index (χ3v) is 3.38. The number of alkyl halides is 2. The lowest BCUT2D eigenvalue weighted by atomic mass is 10.0. The molecule has 24 heavy (non-hydrogen) atoms. The molecule has 0 saturated heterocycles. The van der Waals surface area contributed by atoms with Gasteiger partial charge in [0.2, 0.25) is 0 Å². The van der Waals surface area contributed by atoms with Crippen LogP contribution in [0, 0.1) is 5.82 Å². The molecule has 3 nitrogen and oxygen atoms in total. The molecule has 126 valence electrons. The molecule has 2 aromatic rings. The first kappa shape index (κ1) is 17.6. The average molecular weight is 333 g/mol. The maximum absolute atomic E-state index is 13.6. The molecule has 2 aromatic carbocycles. The largest absolute Gasteiger partial charge is 0.402 e. The van der Waals surface area contributed by atoms with Gasteiger partial charge >= 0.3 is 6.55 Å². The zero-order chi connectivity index (χ0) is 17.5. The van der Waals surface area contributed by atoms with Crippen LogP contribution in [0.3, 0.4) is 0 Å². The van der Waals surface area contributed by atoms with Crippen molar-refractivity contribution in [1.29, 1.82) is 0 Å². The van der Waals surface area contributed by atoms with Gasteiger partial charge in [-0.3, -0.25) is 0 Å². The Morgan fingerprint density at radius 3 is 2.42 bits per heavy atom. The maximum atomic E-state index is 13.6. The second-order valence-electron chi connectivity index (χ2n) is 5.17. The van der Waals surface area contributed by atoms with E-state index in [-0.39, 0.29) is 5.82 Å². The fourth-order valence-electron chi connectivity index (χ4n) is 2.14. The maximum Gasteiger partial charge on any atom is 0.331 e. The van der Waals surface area contributed by atoms with E-state index >= 15 is 0 Å². The van der Waals surface area contributed by atoms with Crippen molar-refractivity contribution in [2.75, 3.05) is 5.32 Å². The Hall–Kier alpha value is -2.76. The van der Waals surface area contributed by atoms with Gasteiger partial charge in [0.05, 0.1) is 0 Å². The summed E-state index contributed by atoms with van der Waals surface area (Å²) in [6.45, 7) is -0.810. The summed E-state index contributed by atoms with van der Waals surface area (Å²) in [5, 5.41) is 3.11. The minimum Gasteiger partial charge on any atom is -0.402 e. The standard InChI is InChI=1S/C18H18F3N3/c1-12(22)16(11-24-18(20)21)13-6-8-15(9-7-13)23-10-14-4-2-3-5-17(14)19/h2-9,11,18,23H,10,22H2,1H3/b16-12+,24-11+. The first-order valence-corrected chi connectivity index (χ1v) is 7.32. The molecule has 3 N–H and O–H groups in total. The zero-order valence-electron chi connectivity index (χ0n) is 13.1. The van der Waals surface area contributed by atoms with E-state index in [0.717, 1.165) is 11.9 Å². The number of aliphatic imine (C=N–C) groups is 1. The second kappa shape index (κ2) is 8.19. The summed E-state index contributed by atoms with van der Waals surface area (Å²) >= 11 is 0. The summed E-state index contributed by atoms with van der Waals surface area (Å²) in [5.41, 5.74) is 8.58. The summed E-state index contributed by atoms with van der Waals surface area (Å²) < 4.78 is 38.0. The van der Waals surface area contributed by atoms with Crippen molar-refractivity contribution in [2.45, 2.75) is 20.0 Å². The average Bonchev–Trinajstić information content (AvgIpc) is 2.55. The predicted molar refractivity (Wildman–Crippen MR) is 91.4 cm³/mol. The van der Waals surface area contributed by atoms with E-state index < -0.39 is 6.55 Å². The number of hydrogen-bond donors (Lipinski definition) is 2. The summed E-state index contributed by atoms with van der Waals surface area (Å²) in [4.78, 5) is 3.08. The van der Waals surface area contributed by atoms with Crippen molar-refractivity contribution in [1.82, 2.24) is 0 Å². The number of benzene rings is 2.